The zero-order chi connectivity index (χ0) is 58.5. The van der Waals surface area contributed by atoms with Crippen LogP contribution in [-0.2, 0) is 28.6 Å². The van der Waals surface area contributed by atoms with Crippen LogP contribution < -0.4 is 0 Å². The number of ether oxygens (including phenoxy) is 3. The quantitative estimate of drug-likeness (QED) is 0.0261. The van der Waals surface area contributed by atoms with Crippen LogP contribution in [0, 0.1) is 0 Å². The molecule has 0 spiro atoms. The number of carbonyl (C=O) groups is 3. The van der Waals surface area contributed by atoms with Gasteiger partial charge in [-0.15, -0.1) is 0 Å². The first-order valence-electron chi connectivity index (χ1n) is 35.1. The molecule has 0 saturated carbocycles. The summed E-state index contributed by atoms with van der Waals surface area (Å²) >= 11 is 0. The molecule has 0 rings (SSSR count). The van der Waals surface area contributed by atoms with Gasteiger partial charge >= 0.3 is 17.9 Å². The summed E-state index contributed by atoms with van der Waals surface area (Å²) < 4.78 is 16.9. The largest absolute Gasteiger partial charge is 0.462 e. The molecule has 6 nitrogen and oxygen atoms in total. The van der Waals surface area contributed by atoms with Crippen molar-refractivity contribution in [2.45, 2.75) is 361 Å². The molecule has 0 saturated heterocycles. The molecule has 81 heavy (non-hydrogen) atoms. The molecule has 0 aromatic rings. The van der Waals surface area contributed by atoms with E-state index in [0.717, 1.165) is 141 Å². The van der Waals surface area contributed by atoms with Crippen molar-refractivity contribution in [3.8, 4) is 0 Å². The Morgan fingerprint density at radius 1 is 0.259 bits per heavy atom. The Morgan fingerprint density at radius 2 is 0.506 bits per heavy atom. The van der Waals surface area contributed by atoms with E-state index in [1.807, 2.05) is 0 Å². The van der Waals surface area contributed by atoms with Crippen LogP contribution >= 0.6 is 0 Å². The third-order valence-corrected chi connectivity index (χ3v) is 15.4. The van der Waals surface area contributed by atoms with E-state index in [9.17, 15) is 14.4 Å². The van der Waals surface area contributed by atoms with E-state index in [0.29, 0.717) is 19.3 Å². The van der Waals surface area contributed by atoms with Crippen molar-refractivity contribution in [1.29, 1.82) is 0 Å². The molecule has 0 heterocycles. The molecule has 0 aliphatic heterocycles. The van der Waals surface area contributed by atoms with Gasteiger partial charge in [-0.25, -0.2) is 0 Å². The van der Waals surface area contributed by atoms with Crippen LogP contribution in [0.3, 0.4) is 0 Å². The van der Waals surface area contributed by atoms with Gasteiger partial charge in [0.05, 0.1) is 0 Å². The fourth-order valence-corrected chi connectivity index (χ4v) is 10.2. The van der Waals surface area contributed by atoms with Gasteiger partial charge in [-0.05, 0) is 89.9 Å². The normalized spacial score (nSPS) is 12.6. The molecular weight excluding hydrogens is 997 g/mol. The average Bonchev–Trinajstić information content (AvgIpc) is 3.46. The molecule has 1 atom stereocenters. The predicted molar refractivity (Wildman–Crippen MR) is 353 cm³/mol. The van der Waals surface area contributed by atoms with E-state index in [4.69, 9.17) is 14.2 Å². The maximum atomic E-state index is 12.9. The Hall–Kier alpha value is -3.41. The lowest BCUT2D eigenvalue weighted by Gasteiger charge is -2.18. The van der Waals surface area contributed by atoms with Gasteiger partial charge in [0.25, 0.3) is 0 Å². The van der Waals surface area contributed by atoms with Crippen molar-refractivity contribution in [2.75, 3.05) is 13.2 Å². The molecule has 468 valence electrons. The first-order valence-corrected chi connectivity index (χ1v) is 35.1. The Bertz CT molecular complexity index is 1530. The second kappa shape index (κ2) is 69.1. The van der Waals surface area contributed by atoms with Gasteiger partial charge in [0, 0.05) is 19.3 Å². The Balaban J connectivity index is 4.25. The molecule has 0 aromatic carbocycles. The number of allylic oxidation sites excluding steroid dienone is 14. The van der Waals surface area contributed by atoms with Crippen LogP contribution in [0.5, 0.6) is 0 Å². The molecule has 0 aromatic heterocycles. The van der Waals surface area contributed by atoms with Gasteiger partial charge in [-0.3, -0.25) is 14.4 Å². The van der Waals surface area contributed by atoms with E-state index in [1.165, 1.54) is 173 Å². The predicted octanol–water partition coefficient (Wildman–Crippen LogP) is 24.2. The van der Waals surface area contributed by atoms with Crippen LogP contribution in [0.15, 0.2) is 85.1 Å². The van der Waals surface area contributed by atoms with Crippen molar-refractivity contribution in [3.63, 3.8) is 0 Å². The highest BCUT2D eigenvalue weighted by Crippen LogP contribution is 2.18. The van der Waals surface area contributed by atoms with E-state index in [-0.39, 0.29) is 31.1 Å². The van der Waals surface area contributed by atoms with Crippen molar-refractivity contribution in [2.24, 2.45) is 0 Å². The van der Waals surface area contributed by atoms with Gasteiger partial charge in [-0.1, -0.05) is 331 Å². The van der Waals surface area contributed by atoms with Gasteiger partial charge < -0.3 is 14.2 Å². The van der Waals surface area contributed by atoms with Gasteiger partial charge in [-0.2, -0.15) is 0 Å². The van der Waals surface area contributed by atoms with Gasteiger partial charge in [0.2, 0.25) is 0 Å². The zero-order valence-electron chi connectivity index (χ0n) is 53.8. The van der Waals surface area contributed by atoms with E-state index < -0.39 is 6.10 Å². The fourth-order valence-electron chi connectivity index (χ4n) is 10.2. The SMILES string of the molecule is CC/C=C\C/C=C\C/C=C\C/C=C\C/C=C\CCCCCCCC(=O)OC(COC(=O)CCCCCCC/C=C\C/C=C\CCC)COC(=O)CCCCCCCCCCCCCCCCCCCCCCCCCCCCCCC. The van der Waals surface area contributed by atoms with Crippen LogP contribution in [0.2, 0.25) is 0 Å². The Kier molecular flexibility index (Phi) is 66.2. The lowest BCUT2D eigenvalue weighted by atomic mass is 10.0. The molecule has 0 N–H and O–H groups in total. The molecule has 0 fully saturated rings. The number of unbranched alkanes of at least 4 members (excludes halogenated alkanes) is 39. The number of esters is 3. The second-order valence-electron chi connectivity index (χ2n) is 23.4. The minimum atomic E-state index is -0.794. The molecule has 0 bridgehead atoms. The first kappa shape index (κ1) is 77.6. The standard InChI is InChI=1S/C75H132O6/c1-4-7-10-13-16-19-22-25-27-29-31-33-34-35-36-37-38-39-40-42-43-45-47-50-53-56-59-62-65-68-74(77)80-71-72(70-79-73(76)67-64-61-58-55-52-49-24-21-18-15-12-9-6-3)81-75(78)69-66-63-60-57-54-51-48-46-44-41-32-30-28-26-23-20-17-14-11-8-5-2/h8,11-12,15,17,20-21,24,26,28,32,41,46,48,72H,4-7,9-10,13-14,16,18-19,22-23,25,27,29-31,33-40,42-45,47,49-71H2,1-3H3/b11-8-,15-12-,20-17-,24-21-,28-26-,41-32-,48-46-. The topological polar surface area (TPSA) is 78.9 Å². The molecule has 1 unspecified atom stereocenters. The summed E-state index contributed by atoms with van der Waals surface area (Å²) in [5.74, 6) is -0.905. The molecule has 6 heteroatoms. The summed E-state index contributed by atoms with van der Waals surface area (Å²) in [6.07, 6.45) is 91.9. The maximum Gasteiger partial charge on any atom is 0.306 e. The van der Waals surface area contributed by atoms with E-state index >= 15 is 0 Å². The van der Waals surface area contributed by atoms with Crippen LogP contribution in [0.25, 0.3) is 0 Å². The highest BCUT2D eigenvalue weighted by Gasteiger charge is 2.19. The summed E-state index contributed by atoms with van der Waals surface area (Å²) in [6.45, 7) is 6.48. The highest BCUT2D eigenvalue weighted by atomic mass is 16.6. The van der Waals surface area contributed by atoms with Crippen molar-refractivity contribution in [1.82, 2.24) is 0 Å². The summed E-state index contributed by atoms with van der Waals surface area (Å²) in [4.78, 5) is 38.4. The first-order chi connectivity index (χ1) is 40.0. The zero-order valence-corrected chi connectivity index (χ0v) is 53.8. The third-order valence-electron chi connectivity index (χ3n) is 15.4. The lowest BCUT2D eigenvalue weighted by molar-refractivity contribution is -0.167. The monoisotopic (exact) mass is 1130 g/mol. The number of carbonyl (C=O) groups excluding carboxylic acids is 3. The molecule has 0 aliphatic rings. The minimum Gasteiger partial charge on any atom is -0.462 e. The highest BCUT2D eigenvalue weighted by molar-refractivity contribution is 5.71. The summed E-state index contributed by atoms with van der Waals surface area (Å²) in [5, 5.41) is 0. The van der Waals surface area contributed by atoms with E-state index in [2.05, 4.69) is 106 Å². The Morgan fingerprint density at radius 3 is 0.802 bits per heavy atom. The van der Waals surface area contributed by atoms with Crippen molar-refractivity contribution in [3.05, 3.63) is 85.1 Å². The summed E-state index contributed by atoms with van der Waals surface area (Å²) in [5.41, 5.74) is 0. The smallest absolute Gasteiger partial charge is 0.306 e. The van der Waals surface area contributed by atoms with Crippen molar-refractivity contribution >= 4 is 17.9 Å². The molecular formula is C75H132O6. The Labute approximate surface area is 503 Å². The van der Waals surface area contributed by atoms with Crippen LogP contribution in [0.4, 0.5) is 0 Å². The minimum absolute atomic E-state index is 0.0866. The van der Waals surface area contributed by atoms with Gasteiger partial charge in [0.15, 0.2) is 6.10 Å². The van der Waals surface area contributed by atoms with E-state index in [1.54, 1.807) is 0 Å². The van der Waals surface area contributed by atoms with Gasteiger partial charge in [0.1, 0.15) is 13.2 Å². The maximum absolute atomic E-state index is 12.9. The van der Waals surface area contributed by atoms with Crippen molar-refractivity contribution < 1.29 is 28.6 Å². The third kappa shape index (κ3) is 67.3. The average molecular weight is 1130 g/mol. The number of rotatable bonds is 64. The van der Waals surface area contributed by atoms with Crippen LogP contribution in [-0.4, -0.2) is 37.2 Å². The summed E-state index contributed by atoms with van der Waals surface area (Å²) in [7, 11) is 0. The van der Waals surface area contributed by atoms with Crippen LogP contribution in [0.1, 0.15) is 355 Å². The lowest BCUT2D eigenvalue weighted by Crippen LogP contribution is -2.30. The molecule has 0 amide bonds. The number of hydrogen-bond acceptors (Lipinski definition) is 6. The molecule has 0 radical (unpaired) electrons. The fraction of sp³-hybridized carbons (Fsp3) is 0.773. The second-order valence-corrected chi connectivity index (χ2v) is 23.4. The number of hydrogen-bond donors (Lipinski definition) is 0. The molecule has 0 aliphatic carbocycles. The summed E-state index contributed by atoms with van der Waals surface area (Å²) in [6, 6.07) is 0.